The summed E-state index contributed by atoms with van der Waals surface area (Å²) in [6.45, 7) is 8.47. The van der Waals surface area contributed by atoms with Crippen LogP contribution in [0.1, 0.15) is 68.2 Å². The third-order valence-electron chi connectivity index (χ3n) is 9.40. The second-order valence-corrected chi connectivity index (χ2v) is 19.5. The number of halogens is 10. The minimum atomic E-state index is -4.81. The number of amides is 2. The number of pyridine rings is 2. The summed E-state index contributed by atoms with van der Waals surface area (Å²) in [4.78, 5) is 52.7. The molecule has 6 N–H and O–H groups in total. The second kappa shape index (κ2) is 23.4. The SMILES string of the molecule is C=C=O.Cc1ccc(S(=O)(=O)Nc2cc(Cl)cnc2C(=O)c2cc(N)ccc2F)cc1C(F)(F)F.Cc1ccc(S(=O)(=O)Nc2cc(Cl)cnc2C(=O)c2cc(NC(=O)NC(C)C)ccc2F)cc1C(F)(F)F. The van der Waals surface area contributed by atoms with Gasteiger partial charge in [0.15, 0.2) is 0 Å². The number of carbonyl (C=O) groups is 3. The van der Waals surface area contributed by atoms with Crippen LogP contribution in [0.3, 0.4) is 0 Å². The number of sulfonamides is 2. The number of hydrogen-bond donors (Lipinski definition) is 5. The van der Waals surface area contributed by atoms with Crippen molar-refractivity contribution >= 4 is 89.5 Å². The molecular formula is C46H37Cl2F8N7O8S2. The Labute approximate surface area is 420 Å². The number of nitrogens with two attached hydrogens (primary N) is 1. The average molecular weight is 1100 g/mol. The van der Waals surface area contributed by atoms with E-state index in [1.165, 1.54) is 31.9 Å². The first kappa shape index (κ1) is 58.1. The number of urea groups is 1. The molecule has 0 radical (unpaired) electrons. The monoisotopic (exact) mass is 1100 g/mol. The molecule has 0 fully saturated rings. The highest BCUT2D eigenvalue weighted by Crippen LogP contribution is 2.36. The number of ketones is 2. The quantitative estimate of drug-likeness (QED) is 0.0334. The Morgan fingerprint density at radius 3 is 1.45 bits per heavy atom. The van der Waals surface area contributed by atoms with E-state index in [0.29, 0.717) is 12.1 Å². The van der Waals surface area contributed by atoms with Crippen molar-refractivity contribution in [3.8, 4) is 0 Å². The van der Waals surface area contributed by atoms with Crippen LogP contribution in [0.2, 0.25) is 10.0 Å². The second-order valence-electron chi connectivity index (χ2n) is 15.2. The first-order valence-electron chi connectivity index (χ1n) is 20.2. The van der Waals surface area contributed by atoms with Gasteiger partial charge in [0.05, 0.1) is 53.5 Å². The number of benzene rings is 4. The van der Waals surface area contributed by atoms with Crippen LogP contribution in [0.25, 0.3) is 0 Å². The number of nitrogens with zero attached hydrogens (tertiary/aromatic N) is 2. The Balaban J connectivity index is 0.000000304. The van der Waals surface area contributed by atoms with Gasteiger partial charge in [-0.3, -0.25) is 19.0 Å². The van der Waals surface area contributed by atoms with Gasteiger partial charge in [-0.2, -0.15) is 26.3 Å². The van der Waals surface area contributed by atoms with E-state index in [2.05, 4.69) is 27.2 Å². The molecule has 0 saturated heterocycles. The van der Waals surface area contributed by atoms with Crippen molar-refractivity contribution in [2.75, 3.05) is 20.5 Å². The fraction of sp³-hybridized carbons (Fsp3) is 0.152. The third-order valence-corrected chi connectivity index (χ3v) is 12.5. The molecule has 73 heavy (non-hydrogen) atoms. The van der Waals surface area contributed by atoms with Gasteiger partial charge in [0.25, 0.3) is 20.0 Å². The van der Waals surface area contributed by atoms with Gasteiger partial charge in [-0.05, 0) is 118 Å². The molecule has 0 spiro atoms. The lowest BCUT2D eigenvalue weighted by atomic mass is 10.1. The van der Waals surface area contributed by atoms with Crippen LogP contribution in [0, 0.1) is 25.5 Å². The lowest BCUT2D eigenvalue weighted by Crippen LogP contribution is -2.34. The van der Waals surface area contributed by atoms with Crippen molar-refractivity contribution in [2.24, 2.45) is 0 Å². The van der Waals surface area contributed by atoms with E-state index in [4.69, 9.17) is 33.7 Å². The summed E-state index contributed by atoms with van der Waals surface area (Å²) in [6, 6.07) is 12.4. The van der Waals surface area contributed by atoms with E-state index in [1.807, 2.05) is 9.44 Å². The molecule has 6 aromatic rings. The predicted molar refractivity (Wildman–Crippen MR) is 255 cm³/mol. The Kier molecular flexibility index (Phi) is 18.6. The number of alkyl halides is 6. The summed E-state index contributed by atoms with van der Waals surface area (Å²) in [7, 11) is -9.28. The number of hydrogen-bond acceptors (Lipinski definition) is 11. The zero-order valence-electron chi connectivity index (χ0n) is 37.9. The zero-order chi connectivity index (χ0) is 55.0. The Morgan fingerprint density at radius 1 is 0.658 bits per heavy atom. The normalized spacial score (nSPS) is 11.5. The number of rotatable bonds is 12. The number of carbonyl (C=O) groups excluding carboxylic acids is 4. The van der Waals surface area contributed by atoms with Crippen molar-refractivity contribution < 1.29 is 71.1 Å². The fourth-order valence-electron chi connectivity index (χ4n) is 6.13. The fourth-order valence-corrected chi connectivity index (χ4v) is 8.61. The van der Waals surface area contributed by atoms with Crippen LogP contribution in [0.5, 0.6) is 0 Å². The Bertz CT molecular complexity index is 3380. The molecule has 2 heterocycles. The summed E-state index contributed by atoms with van der Waals surface area (Å²) in [6.07, 6.45) is -7.54. The summed E-state index contributed by atoms with van der Waals surface area (Å²) < 4.78 is 164. The number of anilines is 4. The highest BCUT2D eigenvalue weighted by Gasteiger charge is 2.35. The van der Waals surface area contributed by atoms with Crippen molar-refractivity contribution in [3.05, 3.63) is 170 Å². The molecule has 0 unspecified atom stereocenters. The van der Waals surface area contributed by atoms with Gasteiger partial charge in [0.2, 0.25) is 11.6 Å². The van der Waals surface area contributed by atoms with E-state index in [0.717, 1.165) is 73.1 Å². The number of aromatic nitrogens is 2. The molecule has 2 aromatic heterocycles. The topological polar surface area (TPSA) is 236 Å². The summed E-state index contributed by atoms with van der Waals surface area (Å²) in [5.74, 6) is -2.76. The maximum atomic E-state index is 14.6. The number of nitrogen functional groups attached to an aromatic ring is 1. The molecule has 386 valence electrons. The standard InChI is InChI=1S/C24H21ClF4N4O4S.C20H14ClF4N3O3S.C2H2O/c1-12(2)31-23(35)32-15-5-7-19(26)17(9-15)22(34)21-20(8-14(25)11-30-21)33-38(36,37)16-6-4-13(3)18(10-16)24(27,28)29;1-10-2-4-13(8-15(10)20(23,24)25)32(30,31)28-17-6-11(21)9-27-18(17)19(29)14-7-12(26)3-5-16(14)22;1-2-3/h4-12,33H,1-3H3,(H2,31,32,35);2-9,28H,26H2,1H3;1H2. The Hall–Kier alpha value is -7.44. The van der Waals surface area contributed by atoms with Gasteiger partial charge in [-0.25, -0.2) is 45.2 Å². The van der Waals surface area contributed by atoms with Crippen LogP contribution in [0.4, 0.5) is 62.7 Å². The van der Waals surface area contributed by atoms with Gasteiger partial charge >= 0.3 is 18.4 Å². The molecule has 0 aliphatic heterocycles. The molecule has 0 aliphatic rings. The van der Waals surface area contributed by atoms with E-state index < -0.39 is 116 Å². The minimum Gasteiger partial charge on any atom is -0.399 e. The molecule has 0 aliphatic carbocycles. The summed E-state index contributed by atoms with van der Waals surface area (Å²) in [5, 5.41) is 4.81. The van der Waals surface area contributed by atoms with Gasteiger partial charge in [0, 0.05) is 29.8 Å². The number of nitrogens with one attached hydrogen (secondary N) is 4. The van der Waals surface area contributed by atoms with Crippen molar-refractivity contribution in [2.45, 2.75) is 55.9 Å². The lowest BCUT2D eigenvalue weighted by molar-refractivity contribution is -0.139. The molecule has 15 nitrogen and oxygen atoms in total. The zero-order valence-corrected chi connectivity index (χ0v) is 41.0. The molecule has 0 saturated carbocycles. The first-order valence-corrected chi connectivity index (χ1v) is 23.9. The van der Waals surface area contributed by atoms with Crippen molar-refractivity contribution in [1.29, 1.82) is 0 Å². The molecule has 27 heteroatoms. The molecule has 2 amide bonds. The van der Waals surface area contributed by atoms with Crippen LogP contribution in [-0.2, 0) is 37.2 Å². The van der Waals surface area contributed by atoms with E-state index in [9.17, 15) is 66.3 Å². The molecule has 6 rings (SSSR count). The molecule has 0 atom stereocenters. The van der Waals surface area contributed by atoms with E-state index in [1.54, 1.807) is 13.8 Å². The average Bonchev–Trinajstić information content (AvgIpc) is 3.27. The number of aryl methyl sites for hydroxylation is 2. The van der Waals surface area contributed by atoms with E-state index >= 15 is 0 Å². The highest BCUT2D eigenvalue weighted by molar-refractivity contribution is 7.93. The van der Waals surface area contributed by atoms with Gasteiger partial charge in [-0.15, -0.1) is 0 Å². The predicted octanol–water partition coefficient (Wildman–Crippen LogP) is 10.6. The maximum absolute atomic E-state index is 14.6. The van der Waals surface area contributed by atoms with E-state index in [-0.39, 0.29) is 38.6 Å². The van der Waals surface area contributed by atoms with Crippen molar-refractivity contribution in [3.63, 3.8) is 0 Å². The summed E-state index contributed by atoms with van der Waals surface area (Å²) in [5.41, 5.74) is -0.0220. The van der Waals surface area contributed by atoms with Crippen LogP contribution in [0.15, 0.2) is 114 Å². The maximum Gasteiger partial charge on any atom is 0.416 e. The largest absolute Gasteiger partial charge is 0.416 e. The third kappa shape index (κ3) is 15.3. The molecule has 4 aromatic carbocycles. The molecule has 0 bridgehead atoms. The van der Waals surface area contributed by atoms with Crippen LogP contribution >= 0.6 is 23.2 Å². The smallest absolute Gasteiger partial charge is 0.399 e. The van der Waals surface area contributed by atoms with Gasteiger partial charge < -0.3 is 16.4 Å². The first-order chi connectivity index (χ1) is 33.8. The highest BCUT2D eigenvalue weighted by atomic mass is 35.5. The van der Waals surface area contributed by atoms with Crippen LogP contribution < -0.4 is 25.8 Å². The molecular weight excluding hydrogens is 1070 g/mol. The van der Waals surface area contributed by atoms with Gasteiger partial charge in [0.1, 0.15) is 29.0 Å². The Morgan fingerprint density at radius 2 is 1.05 bits per heavy atom. The van der Waals surface area contributed by atoms with Crippen LogP contribution in [-0.4, -0.2) is 56.4 Å². The van der Waals surface area contributed by atoms with Gasteiger partial charge in [-0.1, -0.05) is 35.3 Å². The summed E-state index contributed by atoms with van der Waals surface area (Å²) >= 11 is 11.8. The lowest BCUT2D eigenvalue weighted by Gasteiger charge is -2.15. The minimum absolute atomic E-state index is 0.0586. The van der Waals surface area contributed by atoms with Crippen molar-refractivity contribution in [1.82, 2.24) is 15.3 Å².